The Bertz CT molecular complexity index is 657. The molecular weight excluding hydrogens is 322 g/mol. The summed E-state index contributed by atoms with van der Waals surface area (Å²) in [6, 6.07) is 6.60. The second-order valence-electron chi connectivity index (χ2n) is 4.49. The highest BCUT2D eigenvalue weighted by Crippen LogP contribution is 2.35. The van der Waals surface area contributed by atoms with Crippen LogP contribution < -0.4 is 4.74 Å². The average Bonchev–Trinajstić information content (AvgIpc) is 2.80. The number of rotatable bonds is 4. The first-order valence-electron chi connectivity index (χ1n) is 6.47. The standard InChI is InChI=1S/C15H15NO4S2/c1-9(14(18)20-3)16-13(17)12(22-15(16)21)8-10-6-4-5-7-11(10)19-2/h4-9H,1-3H3/b12-8-. The summed E-state index contributed by atoms with van der Waals surface area (Å²) < 4.78 is 10.3. The van der Waals surface area contributed by atoms with Gasteiger partial charge in [0.2, 0.25) is 0 Å². The van der Waals surface area contributed by atoms with Crippen LogP contribution in [0.1, 0.15) is 12.5 Å². The van der Waals surface area contributed by atoms with Gasteiger partial charge in [-0.05, 0) is 19.1 Å². The Morgan fingerprint density at radius 3 is 2.68 bits per heavy atom. The van der Waals surface area contributed by atoms with E-state index in [2.05, 4.69) is 4.74 Å². The molecule has 0 saturated carbocycles. The molecule has 0 bridgehead atoms. The van der Waals surface area contributed by atoms with E-state index in [4.69, 9.17) is 17.0 Å². The van der Waals surface area contributed by atoms with Crippen LogP contribution in [0, 0.1) is 0 Å². The molecular formula is C15H15NO4S2. The van der Waals surface area contributed by atoms with E-state index in [9.17, 15) is 9.59 Å². The van der Waals surface area contributed by atoms with Gasteiger partial charge < -0.3 is 9.47 Å². The lowest BCUT2D eigenvalue weighted by Crippen LogP contribution is -2.42. The Labute approximate surface area is 138 Å². The zero-order chi connectivity index (χ0) is 16.3. The summed E-state index contributed by atoms with van der Waals surface area (Å²) >= 11 is 6.36. The van der Waals surface area contributed by atoms with E-state index in [1.165, 1.54) is 12.0 Å². The first-order valence-corrected chi connectivity index (χ1v) is 7.70. The molecule has 5 nitrogen and oxygen atoms in total. The van der Waals surface area contributed by atoms with Crippen molar-refractivity contribution in [2.75, 3.05) is 14.2 Å². The number of thioether (sulfide) groups is 1. The summed E-state index contributed by atoms with van der Waals surface area (Å²) in [5.74, 6) is -0.151. The molecule has 7 heteroatoms. The van der Waals surface area contributed by atoms with E-state index in [1.54, 1.807) is 20.1 Å². The molecule has 1 unspecified atom stereocenters. The van der Waals surface area contributed by atoms with E-state index in [0.717, 1.165) is 17.3 Å². The van der Waals surface area contributed by atoms with Gasteiger partial charge in [0.25, 0.3) is 5.91 Å². The van der Waals surface area contributed by atoms with Crippen LogP contribution in [0.4, 0.5) is 0 Å². The van der Waals surface area contributed by atoms with Gasteiger partial charge in [0.1, 0.15) is 16.1 Å². The number of methoxy groups -OCH3 is 2. The zero-order valence-electron chi connectivity index (χ0n) is 12.4. The van der Waals surface area contributed by atoms with Gasteiger partial charge >= 0.3 is 5.97 Å². The second-order valence-corrected chi connectivity index (χ2v) is 6.17. The zero-order valence-corrected chi connectivity index (χ0v) is 14.0. The third kappa shape index (κ3) is 3.15. The fourth-order valence-electron chi connectivity index (χ4n) is 2.02. The Morgan fingerprint density at radius 2 is 2.05 bits per heavy atom. The summed E-state index contributed by atoms with van der Waals surface area (Å²) in [5, 5.41) is 0. The molecule has 1 heterocycles. The van der Waals surface area contributed by atoms with Gasteiger partial charge in [-0.25, -0.2) is 4.79 Å². The lowest BCUT2D eigenvalue weighted by molar-refractivity contribution is -0.147. The largest absolute Gasteiger partial charge is 0.496 e. The molecule has 0 radical (unpaired) electrons. The number of carbonyl (C=O) groups excluding carboxylic acids is 2. The van der Waals surface area contributed by atoms with Crippen LogP contribution in [-0.4, -0.2) is 41.4 Å². The molecule has 2 rings (SSSR count). The van der Waals surface area contributed by atoms with Crippen LogP contribution in [0.5, 0.6) is 5.75 Å². The SMILES string of the molecule is COC(=O)C(C)N1C(=O)/C(=C/c2ccccc2OC)SC1=S. The van der Waals surface area contributed by atoms with Gasteiger partial charge in [-0.3, -0.25) is 9.69 Å². The number of para-hydroxylation sites is 1. The topological polar surface area (TPSA) is 55.8 Å². The van der Waals surface area contributed by atoms with Crippen molar-refractivity contribution in [2.45, 2.75) is 13.0 Å². The molecule has 1 fully saturated rings. The summed E-state index contributed by atoms with van der Waals surface area (Å²) in [6.07, 6.45) is 1.71. The van der Waals surface area contributed by atoms with E-state index in [1.807, 2.05) is 24.3 Å². The average molecular weight is 337 g/mol. The number of nitrogens with zero attached hydrogens (tertiary/aromatic N) is 1. The highest BCUT2D eigenvalue weighted by molar-refractivity contribution is 8.26. The van der Waals surface area contributed by atoms with E-state index >= 15 is 0 Å². The summed E-state index contributed by atoms with van der Waals surface area (Å²) in [5.41, 5.74) is 0.774. The number of benzene rings is 1. The molecule has 116 valence electrons. The number of hydrogen-bond acceptors (Lipinski definition) is 6. The highest BCUT2D eigenvalue weighted by atomic mass is 32.2. The maximum Gasteiger partial charge on any atom is 0.328 e. The van der Waals surface area contributed by atoms with Gasteiger partial charge in [0, 0.05) is 5.56 Å². The molecule has 0 spiro atoms. The fraction of sp³-hybridized carbons (Fsp3) is 0.267. The Kier molecular flexibility index (Phi) is 5.20. The maximum absolute atomic E-state index is 12.5. The molecule has 0 aromatic heterocycles. The van der Waals surface area contributed by atoms with E-state index in [-0.39, 0.29) is 5.91 Å². The quantitative estimate of drug-likeness (QED) is 0.478. The Hall–Kier alpha value is -1.86. The predicted molar refractivity (Wildman–Crippen MR) is 89.5 cm³/mol. The fourth-order valence-corrected chi connectivity index (χ4v) is 3.43. The van der Waals surface area contributed by atoms with Crippen LogP contribution in [0.15, 0.2) is 29.2 Å². The lowest BCUT2D eigenvalue weighted by atomic mass is 10.2. The predicted octanol–water partition coefficient (Wildman–Crippen LogP) is 2.46. The summed E-state index contributed by atoms with van der Waals surface area (Å²) in [7, 11) is 2.85. The number of carbonyl (C=O) groups is 2. The van der Waals surface area contributed by atoms with Crippen molar-refractivity contribution in [3.8, 4) is 5.75 Å². The van der Waals surface area contributed by atoms with Crippen LogP contribution in [0.2, 0.25) is 0 Å². The summed E-state index contributed by atoms with van der Waals surface area (Å²) in [4.78, 5) is 25.8. The number of esters is 1. The molecule has 1 atom stereocenters. The Balaban J connectivity index is 2.32. The molecule has 1 aromatic rings. The van der Waals surface area contributed by atoms with Crippen LogP contribution >= 0.6 is 24.0 Å². The molecule has 1 amide bonds. The van der Waals surface area contributed by atoms with Gasteiger partial charge in [-0.15, -0.1) is 0 Å². The van der Waals surface area contributed by atoms with E-state index in [0.29, 0.717) is 15.0 Å². The molecule has 22 heavy (non-hydrogen) atoms. The van der Waals surface area contributed by atoms with Crippen molar-refractivity contribution in [1.29, 1.82) is 0 Å². The molecule has 0 N–H and O–H groups in total. The Morgan fingerprint density at radius 1 is 1.36 bits per heavy atom. The molecule has 1 aliphatic heterocycles. The minimum absolute atomic E-state index is 0.307. The van der Waals surface area contributed by atoms with Crippen molar-refractivity contribution in [1.82, 2.24) is 4.90 Å². The number of hydrogen-bond donors (Lipinski definition) is 0. The highest BCUT2D eigenvalue weighted by Gasteiger charge is 2.38. The van der Waals surface area contributed by atoms with Gasteiger partial charge in [0.15, 0.2) is 0 Å². The van der Waals surface area contributed by atoms with Crippen molar-refractivity contribution in [3.05, 3.63) is 34.7 Å². The summed E-state index contributed by atoms with van der Waals surface area (Å²) in [6.45, 7) is 1.59. The van der Waals surface area contributed by atoms with E-state index < -0.39 is 12.0 Å². The number of thiocarbonyl (C=S) groups is 1. The monoisotopic (exact) mass is 337 g/mol. The maximum atomic E-state index is 12.5. The second kappa shape index (κ2) is 6.93. The molecule has 1 aromatic carbocycles. The van der Waals surface area contributed by atoms with Gasteiger partial charge in [-0.2, -0.15) is 0 Å². The van der Waals surface area contributed by atoms with Gasteiger partial charge in [0.05, 0.1) is 19.1 Å². The molecule has 1 aliphatic rings. The smallest absolute Gasteiger partial charge is 0.328 e. The minimum atomic E-state index is -0.749. The normalized spacial score (nSPS) is 17.8. The number of amides is 1. The van der Waals surface area contributed by atoms with Crippen LogP contribution in [-0.2, 0) is 14.3 Å². The minimum Gasteiger partial charge on any atom is -0.496 e. The lowest BCUT2D eigenvalue weighted by Gasteiger charge is -2.20. The van der Waals surface area contributed by atoms with Crippen molar-refractivity contribution < 1.29 is 19.1 Å². The van der Waals surface area contributed by atoms with Crippen molar-refractivity contribution in [3.63, 3.8) is 0 Å². The van der Waals surface area contributed by atoms with Crippen molar-refractivity contribution in [2.24, 2.45) is 0 Å². The third-order valence-electron chi connectivity index (χ3n) is 3.18. The third-order valence-corrected chi connectivity index (χ3v) is 4.51. The van der Waals surface area contributed by atoms with Crippen LogP contribution in [0.25, 0.3) is 6.08 Å². The number of ether oxygens (including phenoxy) is 2. The first-order chi connectivity index (χ1) is 10.5. The van der Waals surface area contributed by atoms with Crippen LogP contribution in [0.3, 0.4) is 0 Å². The first kappa shape index (κ1) is 16.5. The van der Waals surface area contributed by atoms with Gasteiger partial charge in [-0.1, -0.05) is 42.2 Å². The van der Waals surface area contributed by atoms with Crippen molar-refractivity contribution >= 4 is 46.3 Å². The molecule has 1 saturated heterocycles. The molecule has 0 aliphatic carbocycles.